The normalized spacial score (nSPS) is 11.5. The van der Waals surface area contributed by atoms with Gasteiger partial charge in [0.25, 0.3) is 5.69 Å². The number of hydrogen-bond acceptors (Lipinski definition) is 10. The minimum absolute atomic E-state index is 0.0425. The summed E-state index contributed by atoms with van der Waals surface area (Å²) in [4.78, 5) is 47.2. The summed E-state index contributed by atoms with van der Waals surface area (Å²) in [5, 5.41) is 21.5. The highest BCUT2D eigenvalue weighted by molar-refractivity contribution is 9.09. The number of aromatic nitrogens is 5. The van der Waals surface area contributed by atoms with Crippen molar-refractivity contribution in [1.29, 1.82) is 0 Å². The van der Waals surface area contributed by atoms with Gasteiger partial charge < -0.3 is 5.73 Å². The van der Waals surface area contributed by atoms with Gasteiger partial charge >= 0.3 is 5.70 Å². The summed E-state index contributed by atoms with van der Waals surface area (Å²) < 4.78 is 1.73. The number of halogens is 1. The Morgan fingerprint density at radius 1 is 1.03 bits per heavy atom. The maximum absolute atomic E-state index is 11.2. The number of Topliss-reactive ketones (excluding diaryl/α,β-unsaturated/α-hetero) is 1. The monoisotopic (exact) mass is 577 g/mol. The van der Waals surface area contributed by atoms with Crippen molar-refractivity contribution in [3.05, 3.63) is 123 Å². The molecular weight excluding hydrogens is 560 g/mol. The largest absolute Gasteiger partial charge is 0.438 e. The minimum Gasteiger partial charge on any atom is -0.368 e. The fraction of sp³-hybridized carbons (Fsp3) is 0.0417. The zero-order valence-electron chi connectivity index (χ0n) is 19.4. The zero-order chi connectivity index (χ0) is 27.5. The summed E-state index contributed by atoms with van der Waals surface area (Å²) in [7, 11) is 0. The van der Waals surface area contributed by atoms with Gasteiger partial charge in [-0.05, 0) is 18.2 Å². The van der Waals surface area contributed by atoms with Crippen LogP contribution in [0.2, 0.25) is 0 Å². The molecule has 13 nitrogen and oxygen atoms in total. The molecule has 0 saturated carbocycles. The van der Waals surface area contributed by atoms with Crippen LogP contribution in [-0.2, 0) is 4.79 Å². The first-order chi connectivity index (χ1) is 18.3. The van der Waals surface area contributed by atoms with Crippen LogP contribution >= 0.6 is 15.9 Å². The lowest BCUT2D eigenvalue weighted by Crippen LogP contribution is -2.13. The molecule has 1 aliphatic carbocycles. The van der Waals surface area contributed by atoms with Crippen molar-refractivity contribution in [1.82, 2.24) is 24.3 Å². The summed E-state index contributed by atoms with van der Waals surface area (Å²) in [5.74, 6) is 0.525. The van der Waals surface area contributed by atoms with E-state index in [1.54, 1.807) is 71.8 Å². The number of carbonyl (C=O) groups excluding carboxylic acids is 1. The lowest BCUT2D eigenvalue weighted by Gasteiger charge is -1.97. The molecule has 4 aromatic rings. The predicted octanol–water partition coefficient (Wildman–Crippen LogP) is 3.77. The fourth-order valence-corrected chi connectivity index (χ4v) is 3.30. The van der Waals surface area contributed by atoms with Crippen LogP contribution in [0.5, 0.6) is 0 Å². The van der Waals surface area contributed by atoms with Gasteiger partial charge in [0.15, 0.2) is 0 Å². The Morgan fingerprint density at radius 2 is 1.74 bits per heavy atom. The van der Waals surface area contributed by atoms with Gasteiger partial charge in [0.1, 0.15) is 17.1 Å². The molecular formula is C24H18BrN8O5+. The number of nitro groups is 2. The standard InChI is InChI=1S/C12H8N4O2.C8H5BrNO3.C4H5N3/c17-16(18)11-5-2-1-4-9(11)10-8-15-7-3-6-13-12(15)14-10;9-5-8(11)6-3-1-2-4-7(6)10(12)13;5-4-6-2-1-3-7-4/h1-8H;1-3H,5H2;1-3H,(H2,5,6,7)/q;+1;. The second kappa shape index (κ2) is 13.2. The van der Waals surface area contributed by atoms with Gasteiger partial charge in [0.05, 0.1) is 27.6 Å². The number of hydrogen-bond donors (Lipinski definition) is 1. The Bertz CT molecular complexity index is 1520. The van der Waals surface area contributed by atoms with Gasteiger partial charge in [0.2, 0.25) is 23.1 Å². The highest BCUT2D eigenvalue weighted by Gasteiger charge is 2.33. The van der Waals surface area contributed by atoms with E-state index >= 15 is 0 Å². The molecule has 190 valence electrons. The summed E-state index contributed by atoms with van der Waals surface area (Å²) in [6.07, 6.45) is 15.1. The summed E-state index contributed by atoms with van der Waals surface area (Å²) >= 11 is 2.95. The number of alkyl halides is 1. The first kappa shape index (κ1) is 27.4. The van der Waals surface area contributed by atoms with Crippen molar-refractivity contribution in [3.8, 4) is 11.3 Å². The number of nitrogens with zero attached hydrogens (tertiary/aromatic N) is 7. The van der Waals surface area contributed by atoms with Crippen molar-refractivity contribution in [2.75, 3.05) is 11.1 Å². The molecule has 0 aliphatic heterocycles. The summed E-state index contributed by atoms with van der Waals surface area (Å²) in [5.41, 5.74) is 6.03. The first-order valence-corrected chi connectivity index (χ1v) is 11.7. The number of carbonyl (C=O) groups is 1. The van der Waals surface area contributed by atoms with Gasteiger partial charge in [-0.15, -0.1) is 0 Å². The van der Waals surface area contributed by atoms with Crippen LogP contribution in [0, 0.1) is 26.3 Å². The molecule has 38 heavy (non-hydrogen) atoms. The first-order valence-electron chi connectivity index (χ1n) is 10.6. The molecule has 3 heterocycles. The SMILES string of the molecule is Nc1ncccn1.O=C(CBr)C1=CC=C[C+]=C1[N+](=O)[O-].O=[N+]([O-])c1ccccc1-c1cn2cccnc2n1. The molecule has 3 aromatic heterocycles. The number of nitrogen functional groups attached to an aromatic ring is 1. The Labute approximate surface area is 223 Å². The number of ketones is 1. The van der Waals surface area contributed by atoms with Crippen LogP contribution in [0.3, 0.4) is 0 Å². The maximum Gasteiger partial charge on any atom is 0.438 e. The Kier molecular flexibility index (Phi) is 9.52. The lowest BCUT2D eigenvalue weighted by atomic mass is 10.1. The van der Waals surface area contributed by atoms with Gasteiger partial charge in [-0.25, -0.2) is 19.9 Å². The van der Waals surface area contributed by atoms with Gasteiger partial charge in [-0.3, -0.25) is 29.4 Å². The van der Waals surface area contributed by atoms with E-state index in [-0.39, 0.29) is 28.1 Å². The van der Waals surface area contributed by atoms with Crippen LogP contribution in [0.25, 0.3) is 17.0 Å². The number of imidazole rings is 1. The molecule has 5 rings (SSSR count). The van der Waals surface area contributed by atoms with E-state index in [4.69, 9.17) is 5.73 Å². The number of fused-ring (bicyclic) bond motifs is 1. The van der Waals surface area contributed by atoms with Crippen LogP contribution in [0.15, 0.2) is 96.9 Å². The third-order valence-corrected chi connectivity index (χ3v) is 5.15. The van der Waals surface area contributed by atoms with Gasteiger partial charge in [0, 0.05) is 43.1 Å². The molecule has 1 aliphatic rings. The van der Waals surface area contributed by atoms with Crippen molar-refractivity contribution >= 4 is 39.1 Å². The zero-order valence-corrected chi connectivity index (χ0v) is 21.0. The van der Waals surface area contributed by atoms with E-state index in [0.29, 0.717) is 23.0 Å². The fourth-order valence-electron chi connectivity index (χ4n) is 3.00. The molecule has 0 spiro atoms. The molecule has 0 amide bonds. The van der Waals surface area contributed by atoms with Crippen LogP contribution in [-0.4, -0.2) is 45.3 Å². The van der Waals surface area contributed by atoms with E-state index in [1.165, 1.54) is 18.2 Å². The highest BCUT2D eigenvalue weighted by atomic mass is 79.9. The number of nitro benzene ring substituents is 1. The Hall–Kier alpha value is -5.20. The van der Waals surface area contributed by atoms with E-state index in [1.807, 2.05) is 0 Å². The van der Waals surface area contributed by atoms with Crippen LogP contribution in [0.4, 0.5) is 11.6 Å². The van der Waals surface area contributed by atoms with Crippen molar-refractivity contribution < 1.29 is 14.6 Å². The van der Waals surface area contributed by atoms with Crippen LogP contribution in [0.1, 0.15) is 0 Å². The summed E-state index contributed by atoms with van der Waals surface area (Å²) in [6.45, 7) is 0. The van der Waals surface area contributed by atoms with E-state index in [2.05, 4.69) is 41.9 Å². The molecule has 0 atom stereocenters. The molecule has 0 bridgehead atoms. The second-order valence-electron chi connectivity index (χ2n) is 7.08. The van der Waals surface area contributed by atoms with Crippen molar-refractivity contribution in [2.45, 2.75) is 0 Å². The Balaban J connectivity index is 0.000000175. The smallest absolute Gasteiger partial charge is 0.368 e. The Morgan fingerprint density at radius 3 is 2.34 bits per heavy atom. The molecule has 1 aromatic carbocycles. The third-order valence-electron chi connectivity index (χ3n) is 4.64. The molecule has 2 N–H and O–H groups in total. The topological polar surface area (TPSA) is 185 Å². The molecule has 0 saturated heterocycles. The molecule has 0 radical (unpaired) electrons. The van der Waals surface area contributed by atoms with Crippen LogP contribution < -0.4 is 5.73 Å². The highest BCUT2D eigenvalue weighted by Crippen LogP contribution is 2.28. The number of rotatable bonds is 5. The predicted molar refractivity (Wildman–Crippen MR) is 141 cm³/mol. The number of nitrogens with two attached hydrogens (primary N) is 1. The minimum atomic E-state index is -0.615. The number of benzene rings is 1. The average molecular weight is 578 g/mol. The van der Waals surface area contributed by atoms with Crippen molar-refractivity contribution in [3.63, 3.8) is 0 Å². The number of anilines is 1. The number of para-hydroxylation sites is 1. The molecule has 0 fully saturated rings. The third kappa shape index (κ3) is 7.16. The van der Waals surface area contributed by atoms with E-state index in [9.17, 15) is 25.0 Å². The second-order valence-corrected chi connectivity index (χ2v) is 7.64. The van der Waals surface area contributed by atoms with Crippen molar-refractivity contribution in [2.24, 2.45) is 0 Å². The summed E-state index contributed by atoms with van der Waals surface area (Å²) in [6, 6.07) is 10.0. The number of allylic oxidation sites excluding steroid dienone is 5. The molecule has 0 unspecified atom stereocenters. The lowest BCUT2D eigenvalue weighted by molar-refractivity contribution is -0.421. The van der Waals surface area contributed by atoms with Gasteiger partial charge in [-0.2, -0.15) is 0 Å². The average Bonchev–Trinajstić information content (AvgIpc) is 3.38. The van der Waals surface area contributed by atoms with E-state index in [0.717, 1.165) is 0 Å². The maximum atomic E-state index is 11.2. The quantitative estimate of drug-likeness (QED) is 0.158. The molecule has 14 heteroatoms. The van der Waals surface area contributed by atoms with E-state index < -0.39 is 9.85 Å². The van der Waals surface area contributed by atoms with Gasteiger partial charge in [-0.1, -0.05) is 28.1 Å².